The van der Waals surface area contributed by atoms with Crippen molar-refractivity contribution in [2.75, 3.05) is 6.61 Å². The molecule has 2 rings (SSSR count). The van der Waals surface area contributed by atoms with E-state index in [1.54, 1.807) is 38.1 Å². The van der Waals surface area contributed by atoms with Crippen LogP contribution in [0.15, 0.2) is 53.4 Å². The molecule has 0 aliphatic heterocycles. The lowest BCUT2D eigenvalue weighted by molar-refractivity contribution is 0.0413. The minimum absolute atomic E-state index is 0.0914. The monoisotopic (exact) mass is 322 g/mol. The molecule has 0 aromatic heterocycles. The Hall–Kier alpha value is -1.89. The van der Waals surface area contributed by atoms with Gasteiger partial charge in [-0.25, -0.2) is 0 Å². The summed E-state index contributed by atoms with van der Waals surface area (Å²) in [5.74, 6) is 0.636. The molecule has 0 amide bonds. The molecule has 0 spiro atoms. The van der Waals surface area contributed by atoms with Gasteiger partial charge in [-0.3, -0.25) is 4.55 Å². The van der Waals surface area contributed by atoms with Crippen LogP contribution in [0.25, 0.3) is 11.1 Å². The molecule has 0 aliphatic carbocycles. The van der Waals surface area contributed by atoms with Crippen molar-refractivity contribution >= 4 is 10.1 Å². The van der Waals surface area contributed by atoms with E-state index >= 15 is 0 Å². The van der Waals surface area contributed by atoms with Crippen LogP contribution in [0.1, 0.15) is 13.8 Å². The van der Waals surface area contributed by atoms with Crippen molar-refractivity contribution in [3.63, 3.8) is 0 Å². The highest BCUT2D eigenvalue weighted by Gasteiger charge is 2.18. The number of aliphatic hydroxyl groups excluding tert-OH is 1. The fraction of sp³-hybridized carbons (Fsp3) is 0.250. The summed E-state index contributed by atoms with van der Waals surface area (Å²) < 4.78 is 36.6. The molecule has 0 saturated heterocycles. The lowest BCUT2D eigenvalue weighted by Gasteiger charge is -2.23. The summed E-state index contributed by atoms with van der Waals surface area (Å²) in [5, 5.41) is 9.19. The topological polar surface area (TPSA) is 83.8 Å². The smallest absolute Gasteiger partial charge is 0.294 e. The van der Waals surface area contributed by atoms with Crippen LogP contribution in [-0.4, -0.2) is 30.3 Å². The Morgan fingerprint density at radius 1 is 0.955 bits per heavy atom. The molecular formula is C16H18O5S. The third-order valence-corrected chi connectivity index (χ3v) is 3.98. The standard InChI is InChI=1S/C16H18O5S/c1-16(2,11-17)21-14-7-3-12(4-8-14)13-5-9-15(10-6-13)22(18,19)20/h3-10,17H,11H2,1-2H3,(H,18,19,20). The van der Waals surface area contributed by atoms with E-state index in [-0.39, 0.29) is 11.5 Å². The summed E-state index contributed by atoms with van der Waals surface area (Å²) in [6.07, 6.45) is 0. The Balaban J connectivity index is 2.20. The number of hydrogen-bond acceptors (Lipinski definition) is 4. The van der Waals surface area contributed by atoms with Crippen molar-refractivity contribution in [1.29, 1.82) is 0 Å². The normalized spacial score (nSPS) is 12.2. The fourth-order valence-corrected chi connectivity index (χ4v) is 2.37. The number of rotatable bonds is 5. The van der Waals surface area contributed by atoms with Crippen molar-refractivity contribution in [3.8, 4) is 16.9 Å². The first kappa shape index (κ1) is 16.5. The maximum absolute atomic E-state index is 11.0. The molecule has 118 valence electrons. The van der Waals surface area contributed by atoms with E-state index in [1.807, 2.05) is 12.1 Å². The summed E-state index contributed by atoms with van der Waals surface area (Å²) in [6, 6.07) is 13.2. The quantitative estimate of drug-likeness (QED) is 0.827. The minimum Gasteiger partial charge on any atom is -0.485 e. The van der Waals surface area contributed by atoms with Gasteiger partial charge in [-0.1, -0.05) is 24.3 Å². The Morgan fingerprint density at radius 2 is 1.41 bits per heavy atom. The Bertz CT molecular complexity index is 731. The van der Waals surface area contributed by atoms with E-state index in [9.17, 15) is 13.5 Å². The molecule has 0 radical (unpaired) electrons. The Kier molecular flexibility index (Phi) is 4.55. The van der Waals surface area contributed by atoms with Gasteiger partial charge in [0.25, 0.3) is 10.1 Å². The highest BCUT2D eigenvalue weighted by molar-refractivity contribution is 7.85. The van der Waals surface area contributed by atoms with Gasteiger partial charge >= 0.3 is 0 Å². The maximum Gasteiger partial charge on any atom is 0.294 e. The highest BCUT2D eigenvalue weighted by Crippen LogP contribution is 2.25. The summed E-state index contributed by atoms with van der Waals surface area (Å²) in [6.45, 7) is 3.48. The number of benzene rings is 2. The molecule has 0 bridgehead atoms. The molecule has 2 aromatic carbocycles. The molecule has 2 aromatic rings. The molecule has 0 unspecified atom stereocenters. The average Bonchev–Trinajstić information content (AvgIpc) is 2.47. The molecule has 0 atom stereocenters. The number of hydrogen-bond donors (Lipinski definition) is 2. The first-order valence-electron chi connectivity index (χ1n) is 6.69. The Morgan fingerprint density at radius 3 is 1.82 bits per heavy atom. The first-order valence-corrected chi connectivity index (χ1v) is 8.13. The van der Waals surface area contributed by atoms with Crippen LogP contribution in [-0.2, 0) is 10.1 Å². The van der Waals surface area contributed by atoms with E-state index in [1.165, 1.54) is 12.1 Å². The van der Waals surface area contributed by atoms with Crippen LogP contribution in [0.5, 0.6) is 5.75 Å². The van der Waals surface area contributed by atoms with Crippen molar-refractivity contribution in [2.24, 2.45) is 0 Å². The van der Waals surface area contributed by atoms with Gasteiger partial charge in [0, 0.05) is 0 Å². The zero-order valence-electron chi connectivity index (χ0n) is 12.4. The van der Waals surface area contributed by atoms with Crippen molar-refractivity contribution in [2.45, 2.75) is 24.3 Å². The number of aliphatic hydroxyl groups is 1. The summed E-state index contributed by atoms with van der Waals surface area (Å²) in [5.41, 5.74) is 1.05. The molecule has 0 aliphatic rings. The SMILES string of the molecule is CC(C)(CO)Oc1ccc(-c2ccc(S(=O)(=O)O)cc2)cc1. The van der Waals surface area contributed by atoms with Crippen LogP contribution in [0, 0.1) is 0 Å². The van der Waals surface area contributed by atoms with Gasteiger partial charge in [0.15, 0.2) is 0 Å². The Labute approximate surface area is 129 Å². The predicted octanol–water partition coefficient (Wildman–Crippen LogP) is 2.75. The minimum atomic E-state index is -4.18. The third-order valence-electron chi connectivity index (χ3n) is 3.11. The van der Waals surface area contributed by atoms with E-state index in [0.717, 1.165) is 11.1 Å². The second kappa shape index (κ2) is 6.08. The molecule has 0 heterocycles. The van der Waals surface area contributed by atoms with Crippen LogP contribution < -0.4 is 4.74 Å². The maximum atomic E-state index is 11.0. The van der Waals surface area contributed by atoms with E-state index in [2.05, 4.69) is 0 Å². The van der Waals surface area contributed by atoms with Gasteiger partial charge in [0.2, 0.25) is 0 Å². The summed E-state index contributed by atoms with van der Waals surface area (Å²) in [7, 11) is -4.18. The second-order valence-electron chi connectivity index (χ2n) is 5.54. The predicted molar refractivity (Wildman–Crippen MR) is 83.5 cm³/mol. The molecule has 0 saturated carbocycles. The molecule has 22 heavy (non-hydrogen) atoms. The molecule has 5 nitrogen and oxygen atoms in total. The molecule has 6 heteroatoms. The zero-order chi connectivity index (χ0) is 16.4. The van der Waals surface area contributed by atoms with Crippen molar-refractivity contribution < 1.29 is 22.8 Å². The lowest BCUT2D eigenvalue weighted by atomic mass is 10.1. The van der Waals surface area contributed by atoms with Crippen molar-refractivity contribution in [3.05, 3.63) is 48.5 Å². The zero-order valence-corrected chi connectivity index (χ0v) is 13.2. The van der Waals surface area contributed by atoms with Gasteiger partial charge in [-0.05, 0) is 49.2 Å². The van der Waals surface area contributed by atoms with Crippen LogP contribution in [0.4, 0.5) is 0 Å². The summed E-state index contributed by atoms with van der Waals surface area (Å²) in [4.78, 5) is -0.138. The van der Waals surface area contributed by atoms with E-state index in [0.29, 0.717) is 5.75 Å². The van der Waals surface area contributed by atoms with Gasteiger partial charge in [0.05, 0.1) is 11.5 Å². The van der Waals surface area contributed by atoms with Crippen molar-refractivity contribution in [1.82, 2.24) is 0 Å². The molecular weight excluding hydrogens is 304 g/mol. The van der Waals surface area contributed by atoms with Gasteiger partial charge in [-0.15, -0.1) is 0 Å². The second-order valence-corrected chi connectivity index (χ2v) is 6.97. The van der Waals surface area contributed by atoms with Crippen LogP contribution in [0.3, 0.4) is 0 Å². The average molecular weight is 322 g/mol. The van der Waals surface area contributed by atoms with Crippen LogP contribution >= 0.6 is 0 Å². The number of ether oxygens (including phenoxy) is 1. The van der Waals surface area contributed by atoms with Gasteiger partial charge in [0.1, 0.15) is 11.4 Å². The first-order chi connectivity index (χ1) is 10.2. The molecule has 2 N–H and O–H groups in total. The van der Waals surface area contributed by atoms with Gasteiger partial charge in [-0.2, -0.15) is 8.42 Å². The molecule has 0 fully saturated rings. The third kappa shape index (κ3) is 4.07. The van der Waals surface area contributed by atoms with E-state index in [4.69, 9.17) is 9.29 Å². The summed E-state index contributed by atoms with van der Waals surface area (Å²) >= 11 is 0. The van der Waals surface area contributed by atoms with Crippen LogP contribution in [0.2, 0.25) is 0 Å². The van der Waals surface area contributed by atoms with E-state index < -0.39 is 15.7 Å². The lowest BCUT2D eigenvalue weighted by Crippen LogP contribution is -2.32. The van der Waals surface area contributed by atoms with Gasteiger partial charge < -0.3 is 9.84 Å². The highest BCUT2D eigenvalue weighted by atomic mass is 32.2. The largest absolute Gasteiger partial charge is 0.485 e. The fourth-order valence-electron chi connectivity index (χ4n) is 1.89.